The van der Waals surface area contributed by atoms with E-state index in [2.05, 4.69) is 77.6 Å². The van der Waals surface area contributed by atoms with Crippen molar-refractivity contribution in [1.29, 1.82) is 0 Å². The van der Waals surface area contributed by atoms with Gasteiger partial charge in [-0.2, -0.15) is 4.98 Å². The van der Waals surface area contributed by atoms with Gasteiger partial charge >= 0.3 is 0 Å². The van der Waals surface area contributed by atoms with Crippen LogP contribution in [0.15, 0.2) is 66.7 Å². The zero-order valence-electron chi connectivity index (χ0n) is 15.7. The summed E-state index contributed by atoms with van der Waals surface area (Å²) >= 11 is 0. The molecule has 3 aromatic rings. The standard InChI is InChI=1S/C22H26N4/c1-4-17(2)23-22-24-18(3)15-21(25-22)26(20-13-9-6-10-14-20)16-19-11-7-5-8-12-19/h5-15,17H,4,16H2,1-3H3,(H,23,24,25). The zero-order valence-corrected chi connectivity index (χ0v) is 15.7. The third-order valence-electron chi connectivity index (χ3n) is 4.36. The number of rotatable bonds is 7. The van der Waals surface area contributed by atoms with Crippen LogP contribution in [0, 0.1) is 6.92 Å². The minimum absolute atomic E-state index is 0.337. The largest absolute Gasteiger partial charge is 0.352 e. The summed E-state index contributed by atoms with van der Waals surface area (Å²) in [4.78, 5) is 11.6. The number of aromatic nitrogens is 2. The average molecular weight is 346 g/mol. The van der Waals surface area contributed by atoms with Gasteiger partial charge < -0.3 is 10.2 Å². The van der Waals surface area contributed by atoms with Crippen LogP contribution >= 0.6 is 0 Å². The van der Waals surface area contributed by atoms with Crippen molar-refractivity contribution in [2.75, 3.05) is 10.2 Å². The predicted molar refractivity (Wildman–Crippen MR) is 109 cm³/mol. The normalized spacial score (nSPS) is 11.8. The van der Waals surface area contributed by atoms with Crippen LogP contribution in [0.1, 0.15) is 31.5 Å². The molecule has 26 heavy (non-hydrogen) atoms. The van der Waals surface area contributed by atoms with Crippen molar-refractivity contribution in [3.8, 4) is 0 Å². The fourth-order valence-corrected chi connectivity index (χ4v) is 2.76. The van der Waals surface area contributed by atoms with Gasteiger partial charge in [0.25, 0.3) is 0 Å². The molecule has 4 heteroatoms. The Morgan fingerprint density at radius 3 is 2.27 bits per heavy atom. The van der Waals surface area contributed by atoms with Crippen molar-refractivity contribution in [2.45, 2.75) is 39.8 Å². The van der Waals surface area contributed by atoms with Crippen molar-refractivity contribution in [2.24, 2.45) is 0 Å². The van der Waals surface area contributed by atoms with E-state index in [1.807, 2.05) is 25.1 Å². The van der Waals surface area contributed by atoms with Gasteiger partial charge in [-0.3, -0.25) is 0 Å². The maximum absolute atomic E-state index is 4.80. The lowest BCUT2D eigenvalue weighted by molar-refractivity contribution is 0.750. The van der Waals surface area contributed by atoms with Gasteiger partial charge in [-0.1, -0.05) is 55.5 Å². The van der Waals surface area contributed by atoms with Crippen LogP contribution < -0.4 is 10.2 Å². The van der Waals surface area contributed by atoms with Gasteiger partial charge in [-0.05, 0) is 38.0 Å². The Morgan fingerprint density at radius 2 is 1.62 bits per heavy atom. The van der Waals surface area contributed by atoms with Crippen molar-refractivity contribution >= 4 is 17.5 Å². The highest BCUT2D eigenvalue weighted by molar-refractivity contribution is 5.61. The summed E-state index contributed by atoms with van der Waals surface area (Å²) in [6.45, 7) is 7.06. The van der Waals surface area contributed by atoms with Crippen LogP contribution in [-0.4, -0.2) is 16.0 Å². The Balaban J connectivity index is 1.98. The lowest BCUT2D eigenvalue weighted by Gasteiger charge is -2.25. The van der Waals surface area contributed by atoms with Gasteiger partial charge in [0.05, 0.1) is 0 Å². The van der Waals surface area contributed by atoms with E-state index in [0.717, 1.165) is 30.2 Å². The molecule has 0 spiro atoms. The van der Waals surface area contributed by atoms with Crippen LogP contribution in [0.25, 0.3) is 0 Å². The Kier molecular flexibility index (Phi) is 5.84. The Morgan fingerprint density at radius 1 is 0.962 bits per heavy atom. The number of para-hydroxylation sites is 1. The highest BCUT2D eigenvalue weighted by Gasteiger charge is 2.14. The Labute approximate surface area is 155 Å². The summed E-state index contributed by atoms with van der Waals surface area (Å²) in [5, 5.41) is 3.39. The summed E-state index contributed by atoms with van der Waals surface area (Å²) in [7, 11) is 0. The predicted octanol–water partition coefficient (Wildman–Crippen LogP) is 5.33. The molecule has 0 bridgehead atoms. The molecule has 1 N–H and O–H groups in total. The first-order valence-electron chi connectivity index (χ1n) is 9.14. The van der Waals surface area contributed by atoms with Crippen LogP contribution in [0.4, 0.5) is 17.5 Å². The summed E-state index contributed by atoms with van der Waals surface area (Å²) in [6, 6.07) is 23.2. The number of aryl methyl sites for hydroxylation is 1. The third-order valence-corrected chi connectivity index (χ3v) is 4.36. The lowest BCUT2D eigenvalue weighted by atomic mass is 10.2. The van der Waals surface area contributed by atoms with E-state index in [0.29, 0.717) is 12.0 Å². The minimum atomic E-state index is 0.337. The van der Waals surface area contributed by atoms with Crippen molar-refractivity contribution in [1.82, 2.24) is 9.97 Å². The fraction of sp³-hybridized carbons (Fsp3) is 0.273. The van der Waals surface area contributed by atoms with Crippen LogP contribution in [0.3, 0.4) is 0 Å². The monoisotopic (exact) mass is 346 g/mol. The molecule has 0 radical (unpaired) electrons. The number of benzene rings is 2. The zero-order chi connectivity index (χ0) is 18.4. The van der Waals surface area contributed by atoms with Crippen molar-refractivity contribution in [3.63, 3.8) is 0 Å². The highest BCUT2D eigenvalue weighted by Crippen LogP contribution is 2.27. The molecule has 0 aliphatic carbocycles. The molecule has 1 heterocycles. The molecular formula is C22H26N4. The van der Waals surface area contributed by atoms with Gasteiger partial charge in [0, 0.05) is 30.0 Å². The quantitative estimate of drug-likeness (QED) is 0.627. The molecule has 0 amide bonds. The number of hydrogen-bond donors (Lipinski definition) is 1. The van der Waals surface area contributed by atoms with Crippen LogP contribution in [-0.2, 0) is 6.54 Å². The van der Waals surface area contributed by atoms with E-state index in [4.69, 9.17) is 4.98 Å². The SMILES string of the molecule is CCC(C)Nc1nc(C)cc(N(Cc2ccccc2)c2ccccc2)n1. The van der Waals surface area contributed by atoms with Gasteiger partial charge in [0.1, 0.15) is 5.82 Å². The Hall–Kier alpha value is -2.88. The highest BCUT2D eigenvalue weighted by atomic mass is 15.2. The summed E-state index contributed by atoms with van der Waals surface area (Å²) in [5.41, 5.74) is 3.31. The fourth-order valence-electron chi connectivity index (χ4n) is 2.76. The van der Waals surface area contributed by atoms with Gasteiger partial charge in [-0.25, -0.2) is 4.98 Å². The molecule has 0 saturated heterocycles. The van der Waals surface area contributed by atoms with Crippen LogP contribution in [0.2, 0.25) is 0 Å². The van der Waals surface area contributed by atoms with Crippen molar-refractivity contribution in [3.05, 3.63) is 78.0 Å². The van der Waals surface area contributed by atoms with E-state index in [-0.39, 0.29) is 0 Å². The molecule has 0 aliphatic rings. The molecular weight excluding hydrogens is 320 g/mol. The van der Waals surface area contributed by atoms with Crippen molar-refractivity contribution < 1.29 is 0 Å². The molecule has 3 rings (SSSR count). The maximum Gasteiger partial charge on any atom is 0.225 e. The average Bonchev–Trinajstić information content (AvgIpc) is 2.67. The third kappa shape index (κ3) is 4.60. The number of nitrogens with zero attached hydrogens (tertiary/aromatic N) is 3. The molecule has 1 atom stereocenters. The summed E-state index contributed by atoms with van der Waals surface area (Å²) in [5.74, 6) is 1.58. The van der Waals surface area contributed by atoms with Gasteiger partial charge in [0.15, 0.2) is 0 Å². The molecule has 134 valence electrons. The first kappa shape index (κ1) is 17.9. The second-order valence-electron chi connectivity index (χ2n) is 6.55. The van der Waals surface area contributed by atoms with E-state index in [1.54, 1.807) is 0 Å². The first-order chi connectivity index (χ1) is 12.7. The molecule has 0 fully saturated rings. The summed E-state index contributed by atoms with van der Waals surface area (Å²) in [6.07, 6.45) is 1.03. The summed E-state index contributed by atoms with van der Waals surface area (Å²) < 4.78 is 0. The Bertz CT molecular complexity index is 818. The molecule has 1 unspecified atom stereocenters. The topological polar surface area (TPSA) is 41.1 Å². The van der Waals surface area contributed by atoms with E-state index in [1.165, 1.54) is 5.56 Å². The number of hydrogen-bond acceptors (Lipinski definition) is 4. The van der Waals surface area contributed by atoms with Crippen LogP contribution in [0.5, 0.6) is 0 Å². The van der Waals surface area contributed by atoms with E-state index < -0.39 is 0 Å². The second-order valence-corrected chi connectivity index (χ2v) is 6.55. The van der Waals surface area contributed by atoms with E-state index in [9.17, 15) is 0 Å². The molecule has 4 nitrogen and oxygen atoms in total. The lowest BCUT2D eigenvalue weighted by Crippen LogP contribution is -2.21. The molecule has 0 saturated carbocycles. The number of nitrogens with one attached hydrogen (secondary N) is 1. The van der Waals surface area contributed by atoms with Gasteiger partial charge in [0.2, 0.25) is 5.95 Å². The second kappa shape index (κ2) is 8.48. The molecule has 2 aromatic carbocycles. The molecule has 0 aliphatic heterocycles. The maximum atomic E-state index is 4.80. The smallest absolute Gasteiger partial charge is 0.225 e. The minimum Gasteiger partial charge on any atom is -0.352 e. The first-order valence-corrected chi connectivity index (χ1v) is 9.14. The van der Waals surface area contributed by atoms with E-state index >= 15 is 0 Å². The molecule has 1 aromatic heterocycles. The van der Waals surface area contributed by atoms with Gasteiger partial charge in [-0.15, -0.1) is 0 Å². The number of anilines is 3.